The van der Waals surface area contributed by atoms with Crippen LogP contribution in [0.5, 0.6) is 0 Å². The van der Waals surface area contributed by atoms with Crippen LogP contribution in [0.4, 0.5) is 0 Å². The van der Waals surface area contributed by atoms with Gasteiger partial charge in [-0.15, -0.1) is 0 Å². The van der Waals surface area contributed by atoms with Crippen molar-refractivity contribution in [3.05, 3.63) is 66.2 Å². The van der Waals surface area contributed by atoms with Crippen LogP contribution in [0.25, 0.3) is 0 Å². The molecule has 2 aromatic carbocycles. The largest absolute Gasteiger partial charge is 0.301 e. The highest BCUT2D eigenvalue weighted by Crippen LogP contribution is 2.39. The molecule has 27 heavy (non-hydrogen) atoms. The Kier molecular flexibility index (Phi) is 5.09. The number of benzene rings is 2. The lowest BCUT2D eigenvalue weighted by molar-refractivity contribution is 0.228. The number of nitrogens with zero attached hydrogens (tertiary/aromatic N) is 1. The lowest BCUT2D eigenvalue weighted by Gasteiger charge is -2.35. The maximum Gasteiger partial charge on any atom is 0.244 e. The van der Waals surface area contributed by atoms with Crippen molar-refractivity contribution in [1.29, 1.82) is 0 Å². The molecule has 0 radical (unpaired) electrons. The highest BCUT2D eigenvalue weighted by Gasteiger charge is 2.48. The maximum atomic E-state index is 13.2. The topological polar surface area (TPSA) is 49.4 Å². The second-order valence-electron chi connectivity index (χ2n) is 7.49. The number of fused-ring (bicyclic) bond motifs is 1. The minimum atomic E-state index is -3.54. The van der Waals surface area contributed by atoms with Gasteiger partial charge in [0.1, 0.15) is 7.85 Å². The van der Waals surface area contributed by atoms with Gasteiger partial charge in [-0.25, -0.2) is 8.42 Å². The number of hydrogen-bond acceptors (Lipinski definition) is 3. The van der Waals surface area contributed by atoms with Gasteiger partial charge < -0.3 is 5.32 Å². The van der Waals surface area contributed by atoms with Gasteiger partial charge in [-0.2, -0.15) is 4.31 Å². The van der Waals surface area contributed by atoms with Crippen LogP contribution in [0.2, 0.25) is 5.82 Å². The molecule has 0 saturated carbocycles. The quantitative estimate of drug-likeness (QED) is 0.640. The highest BCUT2D eigenvalue weighted by molar-refractivity contribution is 7.89. The van der Waals surface area contributed by atoms with Gasteiger partial charge in [-0.05, 0) is 37.2 Å². The Morgan fingerprint density at radius 1 is 1.04 bits per heavy atom. The van der Waals surface area contributed by atoms with Crippen LogP contribution in [0.15, 0.2) is 65.6 Å². The summed E-state index contributed by atoms with van der Waals surface area (Å²) in [5.41, 5.74) is 0.968. The first kappa shape index (κ1) is 18.3. The second-order valence-corrected chi connectivity index (χ2v) is 9.38. The Labute approximate surface area is 162 Å². The number of hydrogen-bond donors (Lipinski definition) is 1. The van der Waals surface area contributed by atoms with Gasteiger partial charge in [0.25, 0.3) is 0 Å². The molecule has 2 saturated heterocycles. The van der Waals surface area contributed by atoms with Crippen molar-refractivity contribution >= 4 is 17.9 Å². The van der Waals surface area contributed by atoms with E-state index < -0.39 is 10.0 Å². The van der Waals surface area contributed by atoms with Crippen LogP contribution >= 0.6 is 0 Å². The smallest absolute Gasteiger partial charge is 0.244 e. The van der Waals surface area contributed by atoms with E-state index in [0.717, 1.165) is 18.5 Å². The third kappa shape index (κ3) is 3.68. The molecule has 2 aliphatic rings. The number of rotatable bonds is 2. The fraction of sp³-hybridized carbons (Fsp3) is 0.333. The average Bonchev–Trinajstić information content (AvgIpc) is 3.06. The van der Waals surface area contributed by atoms with Gasteiger partial charge in [0, 0.05) is 23.9 Å². The summed E-state index contributed by atoms with van der Waals surface area (Å²) < 4.78 is 28.1. The van der Waals surface area contributed by atoms with Crippen LogP contribution in [-0.4, -0.2) is 39.8 Å². The molecule has 2 aliphatic heterocycles. The first-order chi connectivity index (χ1) is 13.1. The number of piperidine rings is 1. The second kappa shape index (κ2) is 7.51. The molecule has 4 unspecified atom stereocenters. The van der Waals surface area contributed by atoms with E-state index in [9.17, 15) is 8.42 Å². The van der Waals surface area contributed by atoms with E-state index in [4.69, 9.17) is 0 Å². The molecule has 0 amide bonds. The van der Waals surface area contributed by atoms with E-state index in [2.05, 4.69) is 25.0 Å². The Hall–Kier alpha value is -2.07. The summed E-state index contributed by atoms with van der Waals surface area (Å²) in [5.74, 6) is 7.39. The third-order valence-electron chi connectivity index (χ3n) is 5.48. The van der Waals surface area contributed by atoms with E-state index in [1.165, 1.54) is 0 Å². The lowest BCUT2D eigenvalue weighted by atomic mass is 9.73. The van der Waals surface area contributed by atoms with E-state index in [-0.39, 0.29) is 18.0 Å². The van der Waals surface area contributed by atoms with Gasteiger partial charge in [0.05, 0.1) is 11.1 Å². The van der Waals surface area contributed by atoms with Crippen molar-refractivity contribution in [2.75, 3.05) is 13.1 Å². The van der Waals surface area contributed by atoms with Gasteiger partial charge in [-0.3, -0.25) is 0 Å². The van der Waals surface area contributed by atoms with Crippen molar-refractivity contribution < 1.29 is 8.42 Å². The number of sulfonamides is 1. The SMILES string of the molecule is BC1CNC2C(C1)C(C#Cc1ccccc1)CN2S(=O)(=O)c1ccccc1. The number of nitrogens with one attached hydrogen (secondary N) is 1. The fourth-order valence-electron chi connectivity index (χ4n) is 4.12. The van der Waals surface area contributed by atoms with Crippen molar-refractivity contribution in [2.45, 2.75) is 23.3 Å². The zero-order valence-electron chi connectivity index (χ0n) is 15.4. The summed E-state index contributed by atoms with van der Waals surface area (Å²) in [6, 6.07) is 18.6. The van der Waals surface area contributed by atoms with Crippen LogP contribution < -0.4 is 5.32 Å². The first-order valence-electron chi connectivity index (χ1n) is 9.42. The molecule has 2 heterocycles. The first-order valence-corrected chi connectivity index (χ1v) is 10.9. The molecule has 0 bridgehead atoms. The summed E-state index contributed by atoms with van der Waals surface area (Å²) >= 11 is 0. The van der Waals surface area contributed by atoms with Crippen LogP contribution in [0.1, 0.15) is 12.0 Å². The zero-order valence-corrected chi connectivity index (χ0v) is 16.2. The Morgan fingerprint density at radius 3 is 2.41 bits per heavy atom. The molecular formula is C21H23BN2O2S. The van der Waals surface area contributed by atoms with E-state index in [1.54, 1.807) is 28.6 Å². The van der Waals surface area contributed by atoms with E-state index >= 15 is 0 Å². The standard InChI is InChI=1S/C21H23BN2O2S/c22-18-13-20-17(12-11-16-7-3-1-4-8-16)15-24(21(20)23-14-18)27(25,26)19-9-5-2-6-10-19/h1-10,17-18,20-21,23H,13-15,22H2. The molecule has 4 nitrogen and oxygen atoms in total. The molecule has 2 aromatic rings. The molecule has 0 aromatic heterocycles. The predicted molar refractivity (Wildman–Crippen MR) is 109 cm³/mol. The minimum Gasteiger partial charge on any atom is -0.301 e. The summed E-state index contributed by atoms with van der Waals surface area (Å²) in [7, 11) is -1.33. The Bertz CT molecular complexity index is 954. The third-order valence-corrected chi connectivity index (χ3v) is 7.35. The van der Waals surface area contributed by atoms with Crippen molar-refractivity contribution in [2.24, 2.45) is 11.8 Å². The molecule has 4 atom stereocenters. The Morgan fingerprint density at radius 2 is 1.70 bits per heavy atom. The molecule has 2 fully saturated rings. The van der Waals surface area contributed by atoms with Crippen LogP contribution in [0, 0.1) is 23.7 Å². The zero-order chi connectivity index (χ0) is 18.9. The molecular weight excluding hydrogens is 355 g/mol. The summed E-state index contributed by atoms with van der Waals surface area (Å²) in [5, 5.41) is 3.46. The summed E-state index contributed by atoms with van der Waals surface area (Å²) in [4.78, 5) is 0.348. The average molecular weight is 378 g/mol. The minimum absolute atomic E-state index is 0.0314. The van der Waals surface area contributed by atoms with E-state index in [1.807, 2.05) is 36.4 Å². The van der Waals surface area contributed by atoms with Crippen molar-refractivity contribution in [3.63, 3.8) is 0 Å². The normalized spacial score (nSPS) is 28.1. The monoisotopic (exact) mass is 378 g/mol. The summed E-state index contributed by atoms with van der Waals surface area (Å²) in [6.45, 7) is 1.27. The van der Waals surface area contributed by atoms with E-state index in [0.29, 0.717) is 17.3 Å². The fourth-order valence-corrected chi connectivity index (χ4v) is 5.78. The van der Waals surface area contributed by atoms with Gasteiger partial charge in [-0.1, -0.05) is 54.1 Å². The Balaban J connectivity index is 1.66. The van der Waals surface area contributed by atoms with Crippen LogP contribution in [0.3, 0.4) is 0 Å². The maximum absolute atomic E-state index is 13.2. The lowest BCUT2D eigenvalue weighted by Crippen LogP contribution is -2.51. The van der Waals surface area contributed by atoms with Gasteiger partial charge in [0.15, 0.2) is 0 Å². The molecule has 138 valence electrons. The van der Waals surface area contributed by atoms with Gasteiger partial charge >= 0.3 is 0 Å². The molecule has 0 spiro atoms. The molecule has 4 rings (SSSR count). The highest BCUT2D eigenvalue weighted by atomic mass is 32.2. The molecule has 6 heteroatoms. The molecule has 0 aliphatic carbocycles. The van der Waals surface area contributed by atoms with Crippen LogP contribution in [-0.2, 0) is 10.0 Å². The van der Waals surface area contributed by atoms with Crippen molar-refractivity contribution in [3.8, 4) is 11.8 Å². The van der Waals surface area contributed by atoms with Crippen molar-refractivity contribution in [1.82, 2.24) is 9.62 Å². The van der Waals surface area contributed by atoms with Gasteiger partial charge in [0.2, 0.25) is 10.0 Å². The predicted octanol–water partition coefficient (Wildman–Crippen LogP) is 1.72. The summed E-state index contributed by atoms with van der Waals surface area (Å²) in [6.07, 6.45) is 0.813. The molecule has 1 N–H and O–H groups in total.